The Kier molecular flexibility index (Phi) is 3.92. The zero-order chi connectivity index (χ0) is 10.5. The van der Waals surface area contributed by atoms with Crippen LogP contribution in [0, 0.1) is 0 Å². The van der Waals surface area contributed by atoms with E-state index in [9.17, 15) is 4.79 Å². The Morgan fingerprint density at radius 1 is 1.40 bits per heavy atom. The van der Waals surface area contributed by atoms with Crippen molar-refractivity contribution in [1.29, 1.82) is 0 Å². The molecule has 82 valence electrons. The van der Waals surface area contributed by atoms with Crippen LogP contribution in [-0.4, -0.2) is 30.3 Å². The van der Waals surface area contributed by atoms with E-state index in [0.29, 0.717) is 12.2 Å². The van der Waals surface area contributed by atoms with Crippen LogP contribution in [0.2, 0.25) is 0 Å². The van der Waals surface area contributed by atoms with E-state index < -0.39 is 0 Å². The van der Waals surface area contributed by atoms with Crippen LogP contribution in [0.4, 0.5) is 0 Å². The van der Waals surface area contributed by atoms with Crippen LogP contribution < -0.4 is 0 Å². The second-order valence-electron chi connectivity index (χ2n) is 4.09. The van der Waals surface area contributed by atoms with E-state index in [0.717, 1.165) is 18.5 Å². The number of likely N-dealkylation sites (tertiary alicyclic amines) is 1. The number of nitrogens with zero attached hydrogens (tertiary/aromatic N) is 1. The molecule has 1 aromatic heterocycles. The second-order valence-corrected chi connectivity index (χ2v) is 4.87. The molecule has 0 aromatic carbocycles. The van der Waals surface area contributed by atoms with Crippen molar-refractivity contribution in [2.75, 3.05) is 19.6 Å². The van der Waals surface area contributed by atoms with E-state index in [-0.39, 0.29) is 0 Å². The lowest BCUT2D eigenvalue weighted by atomic mass is 10.1. The molecule has 15 heavy (non-hydrogen) atoms. The second kappa shape index (κ2) is 5.42. The predicted octanol–water partition coefficient (Wildman–Crippen LogP) is 2.81. The van der Waals surface area contributed by atoms with Crippen molar-refractivity contribution < 1.29 is 4.79 Å². The largest absolute Gasteiger partial charge is 0.303 e. The van der Waals surface area contributed by atoms with Gasteiger partial charge in [0.25, 0.3) is 0 Å². The molecule has 0 atom stereocenters. The SMILES string of the molecule is O=C(CCCN1CCCC1)c1ccsc1. The summed E-state index contributed by atoms with van der Waals surface area (Å²) in [5.74, 6) is 0.301. The average Bonchev–Trinajstić information content (AvgIpc) is 2.90. The van der Waals surface area contributed by atoms with Gasteiger partial charge in [0.05, 0.1) is 0 Å². The van der Waals surface area contributed by atoms with Gasteiger partial charge in [-0.25, -0.2) is 0 Å². The number of hydrogen-bond acceptors (Lipinski definition) is 3. The molecule has 1 fully saturated rings. The Morgan fingerprint density at radius 2 is 2.20 bits per heavy atom. The molecular weight excluding hydrogens is 206 g/mol. The summed E-state index contributed by atoms with van der Waals surface area (Å²) in [6.45, 7) is 3.55. The van der Waals surface area contributed by atoms with Gasteiger partial charge in [0.15, 0.2) is 5.78 Å². The molecule has 2 rings (SSSR count). The van der Waals surface area contributed by atoms with Gasteiger partial charge in [-0.2, -0.15) is 11.3 Å². The minimum Gasteiger partial charge on any atom is -0.303 e. The number of carbonyl (C=O) groups excluding carboxylic acids is 1. The van der Waals surface area contributed by atoms with E-state index in [1.807, 2.05) is 16.8 Å². The highest BCUT2D eigenvalue weighted by Crippen LogP contribution is 2.12. The number of thiophene rings is 1. The first-order chi connectivity index (χ1) is 7.36. The molecular formula is C12H17NOS. The highest BCUT2D eigenvalue weighted by atomic mass is 32.1. The molecule has 0 spiro atoms. The maximum atomic E-state index is 11.7. The first kappa shape index (κ1) is 10.8. The van der Waals surface area contributed by atoms with Crippen LogP contribution in [0.15, 0.2) is 16.8 Å². The summed E-state index contributed by atoms with van der Waals surface area (Å²) >= 11 is 1.60. The van der Waals surface area contributed by atoms with Gasteiger partial charge in [0.2, 0.25) is 0 Å². The Bertz CT molecular complexity index is 301. The van der Waals surface area contributed by atoms with Crippen molar-refractivity contribution >= 4 is 17.1 Å². The van der Waals surface area contributed by atoms with Crippen LogP contribution in [0.5, 0.6) is 0 Å². The van der Waals surface area contributed by atoms with Crippen LogP contribution in [0.3, 0.4) is 0 Å². The molecule has 0 radical (unpaired) electrons. The summed E-state index contributed by atoms with van der Waals surface area (Å²) < 4.78 is 0. The van der Waals surface area contributed by atoms with Gasteiger partial charge in [0.1, 0.15) is 0 Å². The number of rotatable bonds is 5. The standard InChI is InChI=1S/C12H17NOS/c14-12(11-5-9-15-10-11)4-3-8-13-6-1-2-7-13/h5,9-10H,1-4,6-8H2. The fourth-order valence-corrected chi connectivity index (χ4v) is 2.70. The fraction of sp³-hybridized carbons (Fsp3) is 0.583. The lowest BCUT2D eigenvalue weighted by Gasteiger charge is -2.13. The molecule has 0 N–H and O–H groups in total. The van der Waals surface area contributed by atoms with Gasteiger partial charge in [0, 0.05) is 17.4 Å². The summed E-state index contributed by atoms with van der Waals surface area (Å²) in [6.07, 6.45) is 4.37. The molecule has 1 saturated heterocycles. The van der Waals surface area contributed by atoms with Crippen LogP contribution in [-0.2, 0) is 0 Å². The number of ketones is 1. The minimum atomic E-state index is 0.301. The van der Waals surface area contributed by atoms with Gasteiger partial charge in [-0.15, -0.1) is 0 Å². The molecule has 0 unspecified atom stereocenters. The molecule has 2 heterocycles. The predicted molar refractivity (Wildman–Crippen MR) is 63.6 cm³/mol. The first-order valence-corrected chi connectivity index (χ1v) is 6.58. The smallest absolute Gasteiger partial charge is 0.163 e. The average molecular weight is 223 g/mol. The van der Waals surface area contributed by atoms with Crippen LogP contribution >= 0.6 is 11.3 Å². The molecule has 1 aliphatic heterocycles. The highest BCUT2D eigenvalue weighted by Gasteiger charge is 2.12. The van der Waals surface area contributed by atoms with E-state index >= 15 is 0 Å². The molecule has 3 heteroatoms. The minimum absolute atomic E-state index is 0.301. The zero-order valence-electron chi connectivity index (χ0n) is 8.95. The van der Waals surface area contributed by atoms with Crippen LogP contribution in [0.25, 0.3) is 0 Å². The van der Waals surface area contributed by atoms with Gasteiger partial charge < -0.3 is 4.90 Å². The first-order valence-electron chi connectivity index (χ1n) is 5.64. The van der Waals surface area contributed by atoms with E-state index in [4.69, 9.17) is 0 Å². The molecule has 1 aromatic rings. The number of Topliss-reactive ketones (excluding diaryl/α,β-unsaturated/α-hetero) is 1. The lowest BCUT2D eigenvalue weighted by molar-refractivity contribution is 0.0976. The maximum absolute atomic E-state index is 11.7. The van der Waals surface area contributed by atoms with Gasteiger partial charge in [-0.05, 0) is 50.3 Å². The Morgan fingerprint density at radius 3 is 2.87 bits per heavy atom. The quantitative estimate of drug-likeness (QED) is 0.715. The van der Waals surface area contributed by atoms with Gasteiger partial charge >= 0.3 is 0 Å². The molecule has 0 aliphatic carbocycles. The van der Waals surface area contributed by atoms with Crippen molar-refractivity contribution in [1.82, 2.24) is 4.90 Å². The maximum Gasteiger partial charge on any atom is 0.163 e. The monoisotopic (exact) mass is 223 g/mol. The molecule has 0 saturated carbocycles. The Labute approximate surface area is 94.9 Å². The summed E-state index contributed by atoms with van der Waals surface area (Å²) in [7, 11) is 0. The highest BCUT2D eigenvalue weighted by molar-refractivity contribution is 7.08. The third-order valence-electron chi connectivity index (χ3n) is 2.92. The third-order valence-corrected chi connectivity index (χ3v) is 3.60. The normalized spacial score (nSPS) is 17.1. The molecule has 0 amide bonds. The van der Waals surface area contributed by atoms with Crippen molar-refractivity contribution in [2.45, 2.75) is 25.7 Å². The van der Waals surface area contributed by atoms with Crippen LogP contribution in [0.1, 0.15) is 36.0 Å². The topological polar surface area (TPSA) is 20.3 Å². The third kappa shape index (κ3) is 3.14. The summed E-state index contributed by atoms with van der Waals surface area (Å²) in [4.78, 5) is 14.1. The fourth-order valence-electron chi connectivity index (χ4n) is 2.04. The van der Waals surface area contributed by atoms with E-state index in [1.165, 1.54) is 25.9 Å². The van der Waals surface area contributed by atoms with E-state index in [2.05, 4.69) is 4.90 Å². The number of hydrogen-bond donors (Lipinski definition) is 0. The molecule has 1 aliphatic rings. The van der Waals surface area contributed by atoms with Gasteiger partial charge in [-0.1, -0.05) is 0 Å². The van der Waals surface area contributed by atoms with Crippen molar-refractivity contribution in [3.8, 4) is 0 Å². The van der Waals surface area contributed by atoms with E-state index in [1.54, 1.807) is 11.3 Å². The zero-order valence-corrected chi connectivity index (χ0v) is 9.76. The molecule has 2 nitrogen and oxygen atoms in total. The Balaban J connectivity index is 1.67. The van der Waals surface area contributed by atoms with Crippen molar-refractivity contribution in [2.24, 2.45) is 0 Å². The summed E-state index contributed by atoms with van der Waals surface area (Å²) in [6, 6.07) is 1.92. The summed E-state index contributed by atoms with van der Waals surface area (Å²) in [5.41, 5.74) is 0.890. The molecule has 0 bridgehead atoms. The number of carbonyl (C=O) groups is 1. The van der Waals surface area contributed by atoms with Gasteiger partial charge in [-0.3, -0.25) is 4.79 Å². The lowest BCUT2D eigenvalue weighted by Crippen LogP contribution is -2.20. The van der Waals surface area contributed by atoms with Crippen molar-refractivity contribution in [3.05, 3.63) is 22.4 Å². The summed E-state index contributed by atoms with van der Waals surface area (Å²) in [5, 5.41) is 3.91. The Hall–Kier alpha value is -0.670. The van der Waals surface area contributed by atoms with Crippen molar-refractivity contribution in [3.63, 3.8) is 0 Å².